The molecule has 0 spiro atoms. The van der Waals surface area contributed by atoms with Crippen molar-refractivity contribution in [3.8, 4) is 0 Å². The molecule has 2 amide bonds. The number of nitrogens with two attached hydrogens (primary N) is 1. The second kappa shape index (κ2) is 15.6. The number of hydrogen-bond donors (Lipinski definition) is 4. The van der Waals surface area contributed by atoms with Gasteiger partial charge in [0.1, 0.15) is 0 Å². The number of carbonyl (C=O) groups excluding carboxylic acids is 2. The van der Waals surface area contributed by atoms with E-state index in [0.717, 1.165) is 52.1 Å². The van der Waals surface area contributed by atoms with Crippen molar-refractivity contribution < 1.29 is 29.4 Å². The highest BCUT2D eigenvalue weighted by atomic mass is 16.3. The molecule has 0 aromatic rings. The Labute approximate surface area is 196 Å². The van der Waals surface area contributed by atoms with Crippen LogP contribution in [0.15, 0.2) is 0 Å². The van der Waals surface area contributed by atoms with Crippen LogP contribution in [0.2, 0.25) is 0 Å². The molecular formula is C22H41N5O6. The van der Waals surface area contributed by atoms with Crippen LogP contribution in [0.1, 0.15) is 44.9 Å². The first-order valence-electron chi connectivity index (χ1n) is 11.7. The number of rotatable bonds is 6. The molecule has 1 atom stereocenters. The van der Waals surface area contributed by atoms with Crippen molar-refractivity contribution >= 4 is 24.8 Å². The highest BCUT2D eigenvalue weighted by molar-refractivity contribution is 5.79. The standard InChI is InChI=1S/C20H37N5O2.2CH2O2/c1-23-10-12-25(13-11-23)20(7-3-2-4-8-20)16-22-19(27)17-6-5-9-24(14-17)15-18(21)26;2*2-1-3/h17H,2-16H2,1H3,(H2,21,26)(H,22,27);2*1H,(H,2,3). The van der Waals surface area contributed by atoms with Gasteiger partial charge in [-0.1, -0.05) is 19.3 Å². The van der Waals surface area contributed by atoms with Crippen LogP contribution in [-0.4, -0.2) is 115 Å². The number of likely N-dealkylation sites (N-methyl/N-ethyl adjacent to an activating group) is 1. The first-order valence-corrected chi connectivity index (χ1v) is 11.7. The van der Waals surface area contributed by atoms with Gasteiger partial charge in [0.05, 0.1) is 12.5 Å². The van der Waals surface area contributed by atoms with E-state index in [1.54, 1.807) is 0 Å². The van der Waals surface area contributed by atoms with Crippen LogP contribution in [-0.2, 0) is 19.2 Å². The zero-order chi connectivity index (χ0) is 24.7. The minimum atomic E-state index is -0.313. The average molecular weight is 472 g/mol. The summed E-state index contributed by atoms with van der Waals surface area (Å²) in [4.78, 5) is 47.8. The third-order valence-electron chi connectivity index (χ3n) is 6.81. The van der Waals surface area contributed by atoms with Gasteiger partial charge in [-0.2, -0.15) is 0 Å². The van der Waals surface area contributed by atoms with Crippen LogP contribution >= 0.6 is 0 Å². The van der Waals surface area contributed by atoms with E-state index < -0.39 is 0 Å². The maximum absolute atomic E-state index is 12.9. The van der Waals surface area contributed by atoms with Crippen molar-refractivity contribution in [1.82, 2.24) is 20.0 Å². The number of piperazine rings is 1. The molecule has 0 aromatic heterocycles. The molecule has 1 unspecified atom stereocenters. The molecule has 3 aliphatic rings. The molecule has 2 saturated heterocycles. The Morgan fingerprint density at radius 2 is 1.58 bits per heavy atom. The normalized spacial score (nSPS) is 23.6. The van der Waals surface area contributed by atoms with Crippen LogP contribution in [0.25, 0.3) is 0 Å². The van der Waals surface area contributed by atoms with Crippen LogP contribution in [0.4, 0.5) is 0 Å². The highest BCUT2D eigenvalue weighted by Crippen LogP contribution is 2.34. The second-order valence-corrected chi connectivity index (χ2v) is 9.04. The summed E-state index contributed by atoms with van der Waals surface area (Å²) in [7, 11) is 2.19. The lowest BCUT2D eigenvalue weighted by atomic mass is 9.79. The summed E-state index contributed by atoms with van der Waals surface area (Å²) in [6, 6.07) is 0. The molecule has 5 N–H and O–H groups in total. The van der Waals surface area contributed by atoms with E-state index in [9.17, 15) is 9.59 Å². The van der Waals surface area contributed by atoms with Gasteiger partial charge >= 0.3 is 0 Å². The van der Waals surface area contributed by atoms with Crippen LogP contribution in [0.3, 0.4) is 0 Å². The zero-order valence-electron chi connectivity index (χ0n) is 19.8. The molecule has 1 saturated carbocycles. The number of nitrogens with one attached hydrogen (secondary N) is 1. The summed E-state index contributed by atoms with van der Waals surface area (Å²) in [5, 5.41) is 17.1. The Morgan fingerprint density at radius 3 is 2.12 bits per heavy atom. The van der Waals surface area contributed by atoms with Crippen LogP contribution in [0.5, 0.6) is 0 Å². The SMILES string of the molecule is CN1CCN(C2(CNC(=O)C3CCCN(CC(N)=O)C3)CCCCC2)CC1.O=CO.O=CO. The number of likely N-dealkylation sites (tertiary alicyclic amines) is 1. The van der Waals surface area contributed by atoms with Crippen molar-refractivity contribution in [1.29, 1.82) is 0 Å². The minimum absolute atomic E-state index is 0.0220. The van der Waals surface area contributed by atoms with E-state index in [1.807, 2.05) is 4.90 Å². The van der Waals surface area contributed by atoms with Gasteiger partial charge in [0, 0.05) is 44.8 Å². The van der Waals surface area contributed by atoms with Gasteiger partial charge < -0.3 is 26.2 Å². The fourth-order valence-corrected chi connectivity index (χ4v) is 5.13. The highest BCUT2D eigenvalue weighted by Gasteiger charge is 2.39. The number of amides is 2. The molecular weight excluding hydrogens is 430 g/mol. The molecule has 190 valence electrons. The molecule has 2 aliphatic heterocycles. The Kier molecular flexibility index (Phi) is 13.6. The quantitative estimate of drug-likeness (QED) is 0.380. The van der Waals surface area contributed by atoms with E-state index in [2.05, 4.69) is 22.2 Å². The van der Waals surface area contributed by atoms with Crippen molar-refractivity contribution in [2.24, 2.45) is 11.7 Å². The Morgan fingerprint density at radius 1 is 1.00 bits per heavy atom. The van der Waals surface area contributed by atoms with Crippen molar-refractivity contribution in [2.75, 3.05) is 59.4 Å². The summed E-state index contributed by atoms with van der Waals surface area (Å²) < 4.78 is 0. The molecule has 3 fully saturated rings. The fourth-order valence-electron chi connectivity index (χ4n) is 5.13. The summed E-state index contributed by atoms with van der Waals surface area (Å²) >= 11 is 0. The van der Waals surface area contributed by atoms with E-state index in [-0.39, 0.29) is 42.8 Å². The lowest BCUT2D eigenvalue weighted by Crippen LogP contribution is -2.62. The summed E-state index contributed by atoms with van der Waals surface area (Å²) in [5.41, 5.74) is 5.46. The van der Waals surface area contributed by atoms with Gasteiger partial charge in [-0.3, -0.25) is 29.0 Å². The monoisotopic (exact) mass is 471 g/mol. The topological polar surface area (TPSA) is 157 Å². The molecule has 33 heavy (non-hydrogen) atoms. The minimum Gasteiger partial charge on any atom is -0.483 e. The first-order chi connectivity index (χ1) is 15.8. The summed E-state index contributed by atoms with van der Waals surface area (Å²) in [6.45, 7) is 6.45. The van der Waals surface area contributed by atoms with E-state index in [1.165, 1.54) is 32.1 Å². The lowest BCUT2D eigenvalue weighted by Gasteiger charge is -2.49. The molecule has 2 heterocycles. The molecule has 0 aromatic carbocycles. The summed E-state index contributed by atoms with van der Waals surface area (Å²) in [5.74, 6) is -0.179. The lowest BCUT2D eigenvalue weighted by molar-refractivity contribution is -0.129. The van der Waals surface area contributed by atoms with Gasteiger partial charge in [0.2, 0.25) is 11.8 Å². The van der Waals surface area contributed by atoms with Crippen molar-refractivity contribution in [2.45, 2.75) is 50.5 Å². The second-order valence-electron chi connectivity index (χ2n) is 9.04. The Bertz CT molecular complexity index is 600. The van der Waals surface area contributed by atoms with Crippen molar-refractivity contribution in [3.05, 3.63) is 0 Å². The molecule has 3 rings (SSSR count). The number of piperidine rings is 1. The third-order valence-corrected chi connectivity index (χ3v) is 6.81. The third kappa shape index (κ3) is 10.1. The molecule has 0 radical (unpaired) electrons. The predicted molar refractivity (Wildman–Crippen MR) is 124 cm³/mol. The van der Waals surface area contributed by atoms with E-state index in [4.69, 9.17) is 25.5 Å². The number of primary amides is 1. The van der Waals surface area contributed by atoms with Crippen LogP contribution in [0, 0.1) is 5.92 Å². The largest absolute Gasteiger partial charge is 0.483 e. The smallest absolute Gasteiger partial charge is 0.290 e. The van der Waals surface area contributed by atoms with Gasteiger partial charge in [0.15, 0.2) is 0 Å². The van der Waals surface area contributed by atoms with E-state index >= 15 is 0 Å². The number of hydrogen-bond acceptors (Lipinski definition) is 7. The molecule has 11 heteroatoms. The van der Waals surface area contributed by atoms with Gasteiger partial charge in [-0.05, 0) is 39.3 Å². The maximum Gasteiger partial charge on any atom is 0.290 e. The van der Waals surface area contributed by atoms with Gasteiger partial charge in [0.25, 0.3) is 12.9 Å². The molecule has 1 aliphatic carbocycles. The number of nitrogens with zero attached hydrogens (tertiary/aromatic N) is 3. The number of carbonyl (C=O) groups is 4. The maximum atomic E-state index is 12.9. The predicted octanol–water partition coefficient (Wildman–Crippen LogP) is -0.348. The Hall–Kier alpha value is -2.24. The van der Waals surface area contributed by atoms with Crippen LogP contribution < -0.4 is 11.1 Å². The average Bonchev–Trinajstić information content (AvgIpc) is 2.79. The first kappa shape index (κ1) is 28.8. The Balaban J connectivity index is 0.000000819. The zero-order valence-corrected chi connectivity index (χ0v) is 19.8. The van der Waals surface area contributed by atoms with Gasteiger partial charge in [-0.15, -0.1) is 0 Å². The molecule has 0 bridgehead atoms. The van der Waals surface area contributed by atoms with Crippen molar-refractivity contribution in [3.63, 3.8) is 0 Å². The fraction of sp³-hybridized carbons (Fsp3) is 0.818. The summed E-state index contributed by atoms with van der Waals surface area (Å²) in [6.07, 6.45) is 8.08. The number of carboxylic acid groups (broad SMARTS) is 2. The molecule has 11 nitrogen and oxygen atoms in total. The van der Waals surface area contributed by atoms with E-state index in [0.29, 0.717) is 6.54 Å². The van der Waals surface area contributed by atoms with Gasteiger partial charge in [-0.25, -0.2) is 0 Å².